The highest BCUT2D eigenvalue weighted by Gasteiger charge is 2.37. The van der Waals surface area contributed by atoms with Gasteiger partial charge in [0.05, 0.1) is 48.2 Å². The molecule has 0 bridgehead atoms. The average Bonchev–Trinajstić information content (AvgIpc) is 2.94. The number of alkyl halides is 3. The normalized spacial score (nSPS) is 11.2. The van der Waals surface area contributed by atoms with Crippen molar-refractivity contribution in [3.63, 3.8) is 0 Å². The summed E-state index contributed by atoms with van der Waals surface area (Å²) < 4.78 is 83.8. The van der Waals surface area contributed by atoms with Crippen molar-refractivity contribution < 1.29 is 50.7 Å². The number of methoxy groups -OCH3 is 2. The number of hydrogen-bond donors (Lipinski definition) is 1. The Labute approximate surface area is 253 Å². The van der Waals surface area contributed by atoms with Gasteiger partial charge in [-0.1, -0.05) is 11.8 Å². The van der Waals surface area contributed by atoms with Crippen molar-refractivity contribution in [3.05, 3.63) is 80.9 Å². The number of carbonyl (C=O) groups excluding carboxylic acids is 2. The van der Waals surface area contributed by atoms with Crippen molar-refractivity contribution in [2.24, 2.45) is 0 Å². The fourth-order valence-corrected chi connectivity index (χ4v) is 3.71. The van der Waals surface area contributed by atoms with Gasteiger partial charge in [0.1, 0.15) is 17.0 Å². The first-order valence-electron chi connectivity index (χ1n) is 12.7. The Balaban J connectivity index is 2.09. The number of rotatable bonds is 7. The molecule has 1 heterocycles. The number of pyridine rings is 1. The molecule has 11 nitrogen and oxygen atoms in total. The summed E-state index contributed by atoms with van der Waals surface area (Å²) in [6.07, 6.45) is -6.19. The third kappa shape index (κ3) is 8.34. The lowest BCUT2D eigenvalue weighted by atomic mass is 10.1. The molecule has 0 spiro atoms. The molecule has 0 atom stereocenters. The zero-order chi connectivity index (χ0) is 33.7. The molecular formula is C29H25F5N4O7. The van der Waals surface area contributed by atoms with Crippen molar-refractivity contribution in [3.8, 4) is 17.7 Å². The van der Waals surface area contributed by atoms with E-state index in [2.05, 4.69) is 26.9 Å². The summed E-state index contributed by atoms with van der Waals surface area (Å²) in [4.78, 5) is 41.1. The number of nitro groups is 1. The molecule has 1 aromatic heterocycles. The van der Waals surface area contributed by atoms with Crippen LogP contribution < -0.4 is 15.0 Å². The standard InChI is InChI=1S/C29H25F5N4O7/c1-28(2,3)45-27(40)37(25-21(38(41)42)12-13-22(36-25)43-4)14-6-7-16-15-17(30)8-10-19(16)35-20-11-9-18(29(32,33)34)24(31)23(20)26(39)44-5/h8-13,15,35H,14H2,1-5H3. The number of esters is 1. The summed E-state index contributed by atoms with van der Waals surface area (Å²) in [6.45, 7) is 4.08. The molecule has 0 fully saturated rings. The summed E-state index contributed by atoms with van der Waals surface area (Å²) in [7, 11) is 2.10. The van der Waals surface area contributed by atoms with Crippen LogP contribution in [-0.2, 0) is 15.7 Å². The van der Waals surface area contributed by atoms with Crippen LogP contribution in [0.4, 0.5) is 49.6 Å². The molecule has 0 saturated carbocycles. The molecule has 3 aromatic rings. The van der Waals surface area contributed by atoms with E-state index in [1.54, 1.807) is 20.8 Å². The maximum absolute atomic E-state index is 14.9. The average molecular weight is 637 g/mol. The summed E-state index contributed by atoms with van der Waals surface area (Å²) >= 11 is 0. The van der Waals surface area contributed by atoms with E-state index in [1.165, 1.54) is 13.2 Å². The Hall–Kier alpha value is -5.46. The molecule has 16 heteroatoms. The van der Waals surface area contributed by atoms with E-state index in [1.807, 2.05) is 0 Å². The number of carbonyl (C=O) groups is 2. The second-order valence-corrected chi connectivity index (χ2v) is 9.98. The maximum Gasteiger partial charge on any atom is 0.419 e. The van der Waals surface area contributed by atoms with Crippen LogP contribution in [0.5, 0.6) is 5.88 Å². The minimum absolute atomic E-state index is 0.0704. The topological polar surface area (TPSA) is 133 Å². The van der Waals surface area contributed by atoms with Crippen molar-refractivity contribution in [2.75, 3.05) is 31.0 Å². The van der Waals surface area contributed by atoms with Gasteiger partial charge in [0.2, 0.25) is 11.7 Å². The third-order valence-electron chi connectivity index (χ3n) is 5.65. The molecule has 0 aliphatic carbocycles. The number of hydrogen-bond acceptors (Lipinski definition) is 9. The molecule has 0 unspecified atom stereocenters. The highest BCUT2D eigenvalue weighted by molar-refractivity contribution is 5.97. The van der Waals surface area contributed by atoms with Crippen molar-refractivity contribution in [1.82, 2.24) is 4.98 Å². The Morgan fingerprint density at radius 2 is 1.71 bits per heavy atom. The molecule has 3 rings (SSSR count). The van der Waals surface area contributed by atoms with E-state index < -0.39 is 75.3 Å². The summed E-state index contributed by atoms with van der Waals surface area (Å²) in [5.74, 6) is 0.471. The molecule has 238 valence electrons. The van der Waals surface area contributed by atoms with Crippen molar-refractivity contribution >= 4 is 34.9 Å². The monoisotopic (exact) mass is 636 g/mol. The minimum Gasteiger partial charge on any atom is -0.481 e. The van der Waals surface area contributed by atoms with Gasteiger partial charge in [-0.3, -0.25) is 10.1 Å². The molecule has 0 radical (unpaired) electrons. The van der Waals surface area contributed by atoms with Gasteiger partial charge in [0.15, 0.2) is 5.82 Å². The van der Waals surface area contributed by atoms with E-state index in [0.717, 1.165) is 42.3 Å². The van der Waals surface area contributed by atoms with Crippen LogP contribution in [0.1, 0.15) is 42.3 Å². The fraction of sp³-hybridized carbons (Fsp3) is 0.276. The molecule has 2 aromatic carbocycles. The molecule has 0 aliphatic rings. The van der Waals surface area contributed by atoms with Gasteiger partial charge < -0.3 is 19.5 Å². The van der Waals surface area contributed by atoms with Crippen LogP contribution in [0.15, 0.2) is 42.5 Å². The number of ether oxygens (including phenoxy) is 3. The molecule has 1 N–H and O–H groups in total. The van der Waals surface area contributed by atoms with Gasteiger partial charge in [-0.15, -0.1) is 0 Å². The number of nitrogens with zero attached hydrogens (tertiary/aromatic N) is 3. The molecule has 0 saturated heterocycles. The van der Waals surface area contributed by atoms with Gasteiger partial charge in [-0.05, 0) is 51.1 Å². The number of amides is 1. The minimum atomic E-state index is -5.12. The third-order valence-corrected chi connectivity index (χ3v) is 5.65. The first-order valence-corrected chi connectivity index (χ1v) is 12.7. The smallest absolute Gasteiger partial charge is 0.419 e. The van der Waals surface area contributed by atoms with Gasteiger partial charge >= 0.3 is 23.9 Å². The van der Waals surface area contributed by atoms with E-state index in [-0.39, 0.29) is 17.1 Å². The molecular weight excluding hydrogens is 611 g/mol. The quantitative estimate of drug-likeness (QED) is 0.0999. The lowest BCUT2D eigenvalue weighted by molar-refractivity contribution is -0.384. The zero-order valence-electron chi connectivity index (χ0n) is 24.3. The second kappa shape index (κ2) is 13.5. The Kier molecular flexibility index (Phi) is 10.2. The van der Waals surface area contributed by atoms with Crippen LogP contribution in [0.3, 0.4) is 0 Å². The van der Waals surface area contributed by atoms with Gasteiger partial charge in [0, 0.05) is 12.1 Å². The van der Waals surface area contributed by atoms with Gasteiger partial charge in [0.25, 0.3) is 0 Å². The van der Waals surface area contributed by atoms with Crippen LogP contribution in [-0.4, -0.2) is 48.3 Å². The van der Waals surface area contributed by atoms with E-state index in [9.17, 15) is 41.7 Å². The van der Waals surface area contributed by atoms with E-state index >= 15 is 0 Å². The Morgan fingerprint density at radius 1 is 1.04 bits per heavy atom. The van der Waals surface area contributed by atoms with Crippen LogP contribution in [0, 0.1) is 33.6 Å². The van der Waals surface area contributed by atoms with Gasteiger partial charge in [-0.2, -0.15) is 18.2 Å². The van der Waals surface area contributed by atoms with Crippen LogP contribution >= 0.6 is 0 Å². The highest BCUT2D eigenvalue weighted by atomic mass is 19.4. The lowest BCUT2D eigenvalue weighted by Crippen LogP contribution is -2.38. The SMILES string of the molecule is COC(=O)c1c(Nc2ccc(F)cc2C#CCN(C(=O)OC(C)(C)C)c2nc(OC)ccc2[N+](=O)[O-])ccc(C(F)(F)F)c1F. The zero-order valence-corrected chi connectivity index (χ0v) is 24.3. The largest absolute Gasteiger partial charge is 0.481 e. The molecule has 0 aliphatic heterocycles. The van der Waals surface area contributed by atoms with E-state index in [4.69, 9.17) is 9.47 Å². The molecule has 45 heavy (non-hydrogen) atoms. The highest BCUT2D eigenvalue weighted by Crippen LogP contribution is 2.36. The number of anilines is 3. The second-order valence-electron chi connectivity index (χ2n) is 9.98. The Morgan fingerprint density at radius 3 is 2.29 bits per heavy atom. The maximum atomic E-state index is 14.9. The number of benzene rings is 2. The first-order chi connectivity index (χ1) is 21.0. The predicted octanol–water partition coefficient (Wildman–Crippen LogP) is 6.62. The number of nitrogens with one attached hydrogen (secondary N) is 1. The van der Waals surface area contributed by atoms with Crippen LogP contribution in [0.25, 0.3) is 0 Å². The first kappa shape index (κ1) is 34.0. The lowest BCUT2D eigenvalue weighted by Gasteiger charge is -2.25. The summed E-state index contributed by atoms with van der Waals surface area (Å²) in [5, 5.41) is 14.3. The summed E-state index contributed by atoms with van der Waals surface area (Å²) in [5.41, 5.74) is -5.08. The van der Waals surface area contributed by atoms with Gasteiger partial charge in [-0.25, -0.2) is 23.3 Å². The summed E-state index contributed by atoms with van der Waals surface area (Å²) in [6, 6.07) is 6.46. The van der Waals surface area contributed by atoms with E-state index in [0.29, 0.717) is 6.07 Å². The van der Waals surface area contributed by atoms with Crippen LogP contribution in [0.2, 0.25) is 0 Å². The fourth-order valence-electron chi connectivity index (χ4n) is 3.71. The number of aromatic nitrogens is 1. The Bertz CT molecular complexity index is 1700. The van der Waals surface area contributed by atoms with Crippen molar-refractivity contribution in [2.45, 2.75) is 32.5 Å². The predicted molar refractivity (Wildman–Crippen MR) is 150 cm³/mol. The molecule has 1 amide bonds. The number of halogens is 5. The van der Waals surface area contributed by atoms with Crippen molar-refractivity contribution in [1.29, 1.82) is 0 Å².